The fourth-order valence-corrected chi connectivity index (χ4v) is 2.02. The number of benzene rings is 1. The van der Waals surface area contributed by atoms with Gasteiger partial charge in [-0.15, -0.1) is 6.42 Å². The van der Waals surface area contributed by atoms with E-state index in [1.807, 2.05) is 24.4 Å². The highest BCUT2D eigenvalue weighted by Crippen LogP contribution is 2.24. The highest BCUT2D eigenvalue weighted by molar-refractivity contribution is 6.35. The molecule has 0 fully saturated rings. The Labute approximate surface area is 100 Å². The van der Waals surface area contributed by atoms with Gasteiger partial charge in [-0.3, -0.25) is 0 Å². The zero-order chi connectivity index (χ0) is 11.4. The molecular weight excluding hydrogens is 220 g/mol. The van der Waals surface area contributed by atoms with E-state index in [9.17, 15) is 0 Å². The number of halogens is 1. The molecule has 82 valence electrons. The summed E-state index contributed by atoms with van der Waals surface area (Å²) in [6.45, 7) is 2.32. The highest BCUT2D eigenvalue weighted by Gasteiger charge is 2.04. The summed E-state index contributed by atoms with van der Waals surface area (Å²) in [6.07, 6.45) is 7.12. The van der Waals surface area contributed by atoms with Crippen molar-refractivity contribution in [2.75, 3.05) is 13.1 Å². The average Bonchev–Trinajstić information content (AvgIpc) is 2.63. The Kier molecular flexibility index (Phi) is 3.51. The summed E-state index contributed by atoms with van der Waals surface area (Å²) in [5.74, 6) is 2.55. The summed E-state index contributed by atoms with van der Waals surface area (Å²) in [5.41, 5.74) is 1.16. The van der Waals surface area contributed by atoms with Crippen molar-refractivity contribution in [1.29, 1.82) is 0 Å². The highest BCUT2D eigenvalue weighted by atomic mass is 35.5. The quantitative estimate of drug-likeness (QED) is 0.633. The zero-order valence-electron chi connectivity index (χ0n) is 8.91. The second-order valence-corrected chi connectivity index (χ2v) is 3.98. The number of hydrogen-bond acceptors (Lipinski definition) is 1. The van der Waals surface area contributed by atoms with E-state index in [0.29, 0.717) is 6.54 Å². The van der Waals surface area contributed by atoms with Gasteiger partial charge in [-0.05, 0) is 6.07 Å². The predicted molar refractivity (Wildman–Crippen MR) is 68.7 cm³/mol. The van der Waals surface area contributed by atoms with Crippen molar-refractivity contribution < 1.29 is 0 Å². The molecule has 1 heterocycles. The number of aromatic nitrogens is 1. The van der Waals surface area contributed by atoms with Crippen LogP contribution in [0, 0.1) is 12.3 Å². The molecule has 0 aliphatic rings. The number of fused-ring (bicyclic) bond motifs is 1. The maximum Gasteiger partial charge on any atom is 0.0661 e. The van der Waals surface area contributed by atoms with Gasteiger partial charge in [0.25, 0.3) is 0 Å². The molecule has 0 aliphatic carbocycles. The van der Waals surface area contributed by atoms with Gasteiger partial charge in [0.2, 0.25) is 0 Å². The van der Waals surface area contributed by atoms with Gasteiger partial charge in [0, 0.05) is 30.2 Å². The summed E-state index contributed by atoms with van der Waals surface area (Å²) in [6, 6.07) is 8.12. The molecule has 1 aromatic heterocycles. The summed E-state index contributed by atoms with van der Waals surface area (Å²) in [7, 11) is 0. The molecule has 0 saturated heterocycles. The number of nitrogens with one attached hydrogen (secondary N) is 1. The lowest BCUT2D eigenvalue weighted by molar-refractivity contribution is 0.644. The van der Waals surface area contributed by atoms with E-state index in [1.54, 1.807) is 0 Å². The molecule has 2 aromatic rings. The van der Waals surface area contributed by atoms with Crippen molar-refractivity contribution in [2.24, 2.45) is 0 Å². The lowest BCUT2D eigenvalue weighted by Gasteiger charge is -2.04. The van der Waals surface area contributed by atoms with E-state index in [0.717, 1.165) is 29.0 Å². The first kappa shape index (κ1) is 11.1. The Morgan fingerprint density at radius 1 is 1.38 bits per heavy atom. The topological polar surface area (TPSA) is 17.0 Å². The summed E-state index contributed by atoms with van der Waals surface area (Å²) >= 11 is 6.14. The largest absolute Gasteiger partial charge is 0.345 e. The van der Waals surface area contributed by atoms with Gasteiger partial charge in [0.15, 0.2) is 0 Å². The molecule has 0 saturated carbocycles. The minimum absolute atomic E-state index is 0.604. The smallest absolute Gasteiger partial charge is 0.0661 e. The minimum atomic E-state index is 0.604. The fourth-order valence-electron chi connectivity index (χ4n) is 1.75. The molecule has 0 aliphatic heterocycles. The van der Waals surface area contributed by atoms with Crippen LogP contribution >= 0.6 is 11.6 Å². The van der Waals surface area contributed by atoms with Crippen molar-refractivity contribution in [2.45, 2.75) is 6.54 Å². The van der Waals surface area contributed by atoms with Crippen LogP contribution in [0.4, 0.5) is 0 Å². The van der Waals surface area contributed by atoms with Crippen LogP contribution in [0.25, 0.3) is 10.9 Å². The summed E-state index contributed by atoms with van der Waals surface area (Å²) in [5, 5.41) is 5.05. The van der Waals surface area contributed by atoms with E-state index in [1.165, 1.54) is 0 Å². The van der Waals surface area contributed by atoms with Crippen LogP contribution in [-0.4, -0.2) is 17.7 Å². The van der Waals surface area contributed by atoms with Crippen molar-refractivity contribution in [1.82, 2.24) is 9.88 Å². The predicted octanol–water partition coefficient (Wildman–Crippen LogP) is 2.52. The molecule has 3 heteroatoms. The van der Waals surface area contributed by atoms with E-state index in [-0.39, 0.29) is 0 Å². The first-order valence-electron chi connectivity index (χ1n) is 5.20. The third-order valence-electron chi connectivity index (χ3n) is 2.50. The summed E-state index contributed by atoms with van der Waals surface area (Å²) in [4.78, 5) is 0. The number of para-hydroxylation sites is 1. The van der Waals surface area contributed by atoms with Gasteiger partial charge >= 0.3 is 0 Å². The summed E-state index contributed by atoms with van der Waals surface area (Å²) < 4.78 is 2.14. The van der Waals surface area contributed by atoms with E-state index in [4.69, 9.17) is 18.0 Å². The first-order chi connectivity index (χ1) is 7.83. The Morgan fingerprint density at radius 3 is 3.00 bits per heavy atom. The molecule has 2 rings (SSSR count). The molecule has 0 amide bonds. The molecule has 1 N–H and O–H groups in total. The maximum absolute atomic E-state index is 6.14. The van der Waals surface area contributed by atoms with Gasteiger partial charge in [0.05, 0.1) is 11.6 Å². The van der Waals surface area contributed by atoms with Gasteiger partial charge in [-0.1, -0.05) is 35.7 Å². The van der Waals surface area contributed by atoms with E-state index in [2.05, 4.69) is 21.9 Å². The molecular formula is C13H13ClN2. The fraction of sp³-hybridized carbons (Fsp3) is 0.231. The maximum atomic E-state index is 6.14. The van der Waals surface area contributed by atoms with Gasteiger partial charge in [0.1, 0.15) is 0 Å². The molecule has 0 unspecified atom stereocenters. The number of rotatable bonds is 4. The number of hydrogen-bond donors (Lipinski definition) is 1. The van der Waals surface area contributed by atoms with Crippen molar-refractivity contribution in [3.8, 4) is 12.3 Å². The van der Waals surface area contributed by atoms with Crippen LogP contribution in [0.5, 0.6) is 0 Å². The molecule has 0 bridgehead atoms. The standard InChI is InChI=1S/C13H13ClN2/c1-2-7-15-8-9-16-10-12(14)11-5-3-4-6-13(11)16/h1,3-6,10,15H,7-9H2. The third kappa shape index (κ3) is 2.21. The van der Waals surface area contributed by atoms with Crippen LogP contribution in [0.15, 0.2) is 30.5 Å². The molecule has 16 heavy (non-hydrogen) atoms. The number of nitrogens with zero attached hydrogens (tertiary/aromatic N) is 1. The van der Waals surface area contributed by atoms with Crippen molar-refractivity contribution in [3.63, 3.8) is 0 Å². The Bertz CT molecular complexity index is 522. The van der Waals surface area contributed by atoms with Gasteiger partial charge < -0.3 is 9.88 Å². The van der Waals surface area contributed by atoms with Crippen molar-refractivity contribution in [3.05, 3.63) is 35.5 Å². The Balaban J connectivity index is 2.15. The van der Waals surface area contributed by atoms with Crippen LogP contribution in [0.2, 0.25) is 5.02 Å². The van der Waals surface area contributed by atoms with E-state index >= 15 is 0 Å². The third-order valence-corrected chi connectivity index (χ3v) is 2.80. The lowest BCUT2D eigenvalue weighted by Crippen LogP contribution is -2.19. The molecule has 0 atom stereocenters. The first-order valence-corrected chi connectivity index (χ1v) is 5.58. The SMILES string of the molecule is C#CCNCCn1cc(Cl)c2ccccc21. The van der Waals surface area contributed by atoms with Gasteiger partial charge in [-0.25, -0.2) is 0 Å². The molecule has 0 radical (unpaired) electrons. The second kappa shape index (κ2) is 5.07. The normalized spacial score (nSPS) is 10.5. The average molecular weight is 233 g/mol. The minimum Gasteiger partial charge on any atom is -0.345 e. The monoisotopic (exact) mass is 232 g/mol. The van der Waals surface area contributed by atoms with Crippen LogP contribution in [-0.2, 0) is 6.54 Å². The number of terminal acetylenes is 1. The van der Waals surface area contributed by atoms with Crippen LogP contribution in [0.3, 0.4) is 0 Å². The lowest BCUT2D eigenvalue weighted by atomic mass is 10.2. The van der Waals surface area contributed by atoms with Crippen LogP contribution < -0.4 is 5.32 Å². The molecule has 1 aromatic carbocycles. The van der Waals surface area contributed by atoms with Crippen molar-refractivity contribution >= 4 is 22.5 Å². The molecule has 2 nitrogen and oxygen atoms in total. The second-order valence-electron chi connectivity index (χ2n) is 3.57. The van der Waals surface area contributed by atoms with Crippen LogP contribution in [0.1, 0.15) is 0 Å². The zero-order valence-corrected chi connectivity index (χ0v) is 9.67. The Morgan fingerprint density at radius 2 is 2.19 bits per heavy atom. The van der Waals surface area contributed by atoms with E-state index < -0.39 is 0 Å². The molecule has 0 spiro atoms. The van der Waals surface area contributed by atoms with Gasteiger partial charge in [-0.2, -0.15) is 0 Å². The Hall–Kier alpha value is -1.43.